The highest BCUT2D eigenvalue weighted by Gasteiger charge is 2.38. The Bertz CT molecular complexity index is 289. The molecule has 1 heterocycles. The number of hydrogen-bond donors (Lipinski definition) is 1. The van der Waals surface area contributed by atoms with E-state index in [2.05, 4.69) is 44.8 Å². The molecule has 0 aromatic rings. The summed E-state index contributed by atoms with van der Waals surface area (Å²) < 4.78 is 0. The van der Waals surface area contributed by atoms with Gasteiger partial charge in [-0.3, -0.25) is 4.90 Å². The van der Waals surface area contributed by atoms with Crippen LogP contribution >= 0.6 is 0 Å². The van der Waals surface area contributed by atoms with Crippen LogP contribution in [-0.4, -0.2) is 36.1 Å². The largest absolute Gasteiger partial charge is 0.313 e. The van der Waals surface area contributed by atoms with E-state index in [0.29, 0.717) is 0 Å². The first-order valence-corrected chi connectivity index (χ1v) is 9.02. The first-order chi connectivity index (χ1) is 9.52. The maximum Gasteiger partial charge on any atom is 0.0254 e. The fourth-order valence-corrected chi connectivity index (χ4v) is 4.57. The van der Waals surface area contributed by atoms with E-state index in [1.165, 1.54) is 38.6 Å². The molecule has 20 heavy (non-hydrogen) atoms. The van der Waals surface area contributed by atoms with E-state index in [9.17, 15) is 0 Å². The molecule has 1 aliphatic carbocycles. The summed E-state index contributed by atoms with van der Waals surface area (Å²) in [5.41, 5.74) is 0. The van der Waals surface area contributed by atoms with Gasteiger partial charge in [0.05, 0.1) is 0 Å². The van der Waals surface area contributed by atoms with Gasteiger partial charge in [-0.1, -0.05) is 27.7 Å². The van der Waals surface area contributed by atoms with E-state index in [1.807, 2.05) is 0 Å². The molecule has 0 aromatic heterocycles. The van der Waals surface area contributed by atoms with Crippen molar-refractivity contribution >= 4 is 0 Å². The van der Waals surface area contributed by atoms with Crippen molar-refractivity contribution in [2.45, 2.75) is 84.8 Å². The first-order valence-electron chi connectivity index (χ1n) is 9.02. The zero-order valence-electron chi connectivity index (χ0n) is 14.4. The van der Waals surface area contributed by atoms with Crippen LogP contribution in [0.1, 0.15) is 66.7 Å². The molecule has 2 rings (SSSR count). The highest BCUT2D eigenvalue weighted by atomic mass is 15.2. The van der Waals surface area contributed by atoms with Gasteiger partial charge in [-0.25, -0.2) is 0 Å². The maximum absolute atomic E-state index is 3.78. The lowest BCUT2D eigenvalue weighted by Crippen LogP contribution is -2.57. The fourth-order valence-electron chi connectivity index (χ4n) is 4.57. The molecule has 2 heteroatoms. The summed E-state index contributed by atoms with van der Waals surface area (Å²) in [5.74, 6) is 2.70. The molecule has 2 nitrogen and oxygen atoms in total. The summed E-state index contributed by atoms with van der Waals surface area (Å²) in [7, 11) is 0. The third-order valence-electron chi connectivity index (χ3n) is 5.88. The summed E-state index contributed by atoms with van der Waals surface area (Å²) in [5, 5.41) is 3.78. The molecule has 5 unspecified atom stereocenters. The summed E-state index contributed by atoms with van der Waals surface area (Å²) in [6, 6.07) is 2.28. The van der Waals surface area contributed by atoms with Gasteiger partial charge in [0, 0.05) is 18.1 Å². The SMILES string of the molecule is CCNC1CCC(C(C)C)CC1N1CCC(C)CC1C. The lowest BCUT2D eigenvalue weighted by Gasteiger charge is -2.49. The number of piperidine rings is 1. The molecule has 2 aliphatic rings. The van der Waals surface area contributed by atoms with Crippen LogP contribution in [0.15, 0.2) is 0 Å². The Labute approximate surface area is 126 Å². The summed E-state index contributed by atoms with van der Waals surface area (Å²) >= 11 is 0. The second-order valence-electron chi connectivity index (χ2n) is 7.77. The van der Waals surface area contributed by atoms with E-state index in [4.69, 9.17) is 0 Å². The molecule has 2 fully saturated rings. The van der Waals surface area contributed by atoms with Crippen molar-refractivity contribution in [3.8, 4) is 0 Å². The van der Waals surface area contributed by atoms with Crippen molar-refractivity contribution in [2.75, 3.05) is 13.1 Å². The van der Waals surface area contributed by atoms with Crippen molar-refractivity contribution < 1.29 is 0 Å². The Morgan fingerprint density at radius 3 is 2.45 bits per heavy atom. The van der Waals surface area contributed by atoms with Gasteiger partial charge in [0.25, 0.3) is 0 Å². The highest BCUT2D eigenvalue weighted by molar-refractivity contribution is 4.95. The zero-order chi connectivity index (χ0) is 14.7. The number of likely N-dealkylation sites (N-methyl/N-ethyl adjacent to an activating group) is 1. The van der Waals surface area contributed by atoms with Crippen LogP contribution in [0, 0.1) is 17.8 Å². The van der Waals surface area contributed by atoms with Crippen molar-refractivity contribution in [1.29, 1.82) is 0 Å². The van der Waals surface area contributed by atoms with Crippen molar-refractivity contribution in [2.24, 2.45) is 17.8 Å². The Morgan fingerprint density at radius 2 is 1.85 bits per heavy atom. The molecule has 0 amide bonds. The average molecular weight is 280 g/mol. The van der Waals surface area contributed by atoms with Gasteiger partial charge in [0.2, 0.25) is 0 Å². The molecule has 1 saturated carbocycles. The van der Waals surface area contributed by atoms with Crippen LogP contribution < -0.4 is 5.32 Å². The van der Waals surface area contributed by atoms with Gasteiger partial charge in [-0.15, -0.1) is 0 Å². The maximum atomic E-state index is 3.78. The molecule has 1 aliphatic heterocycles. The van der Waals surface area contributed by atoms with Gasteiger partial charge in [0.1, 0.15) is 0 Å². The molecule has 118 valence electrons. The van der Waals surface area contributed by atoms with E-state index >= 15 is 0 Å². The van der Waals surface area contributed by atoms with Gasteiger partial charge < -0.3 is 5.32 Å². The van der Waals surface area contributed by atoms with Gasteiger partial charge in [0.15, 0.2) is 0 Å². The highest BCUT2D eigenvalue weighted by Crippen LogP contribution is 2.36. The number of hydrogen-bond acceptors (Lipinski definition) is 2. The van der Waals surface area contributed by atoms with Gasteiger partial charge in [-0.05, 0) is 69.9 Å². The van der Waals surface area contributed by atoms with Crippen LogP contribution in [0.25, 0.3) is 0 Å². The lowest BCUT2D eigenvalue weighted by molar-refractivity contribution is 0.0237. The minimum Gasteiger partial charge on any atom is -0.313 e. The molecule has 0 aromatic carbocycles. The summed E-state index contributed by atoms with van der Waals surface area (Å²) in [4.78, 5) is 2.85. The number of nitrogens with one attached hydrogen (secondary N) is 1. The molecular weight excluding hydrogens is 244 g/mol. The smallest absolute Gasteiger partial charge is 0.0254 e. The van der Waals surface area contributed by atoms with E-state index in [0.717, 1.165) is 42.4 Å². The minimum atomic E-state index is 0.728. The quantitative estimate of drug-likeness (QED) is 0.840. The zero-order valence-corrected chi connectivity index (χ0v) is 14.4. The lowest BCUT2D eigenvalue weighted by atomic mass is 9.75. The van der Waals surface area contributed by atoms with E-state index < -0.39 is 0 Å². The summed E-state index contributed by atoms with van der Waals surface area (Å²) in [6.45, 7) is 14.4. The van der Waals surface area contributed by atoms with E-state index in [-0.39, 0.29) is 0 Å². The predicted octanol–water partition coefficient (Wildman–Crippen LogP) is 3.91. The Morgan fingerprint density at radius 1 is 1.10 bits per heavy atom. The van der Waals surface area contributed by atoms with Crippen molar-refractivity contribution in [3.05, 3.63) is 0 Å². The van der Waals surface area contributed by atoms with Gasteiger partial charge >= 0.3 is 0 Å². The minimum absolute atomic E-state index is 0.728. The normalized spacial score (nSPS) is 40.2. The molecule has 0 spiro atoms. The summed E-state index contributed by atoms with van der Waals surface area (Å²) in [6.07, 6.45) is 6.99. The van der Waals surface area contributed by atoms with E-state index in [1.54, 1.807) is 0 Å². The number of rotatable bonds is 4. The fraction of sp³-hybridized carbons (Fsp3) is 1.00. The first kappa shape index (κ1) is 16.3. The average Bonchev–Trinajstić information content (AvgIpc) is 2.40. The van der Waals surface area contributed by atoms with Gasteiger partial charge in [-0.2, -0.15) is 0 Å². The topological polar surface area (TPSA) is 15.3 Å². The standard InChI is InChI=1S/C18H36N2/c1-6-19-17-8-7-16(13(2)3)12-18(17)20-10-9-14(4)11-15(20)5/h13-19H,6-12H2,1-5H3. The Hall–Kier alpha value is -0.0800. The molecular formula is C18H36N2. The predicted molar refractivity (Wildman–Crippen MR) is 88.0 cm³/mol. The van der Waals surface area contributed by atoms with Crippen LogP contribution in [0.4, 0.5) is 0 Å². The molecule has 0 radical (unpaired) electrons. The van der Waals surface area contributed by atoms with Crippen LogP contribution in [0.2, 0.25) is 0 Å². The monoisotopic (exact) mass is 280 g/mol. The second kappa shape index (κ2) is 7.26. The van der Waals surface area contributed by atoms with Crippen molar-refractivity contribution in [1.82, 2.24) is 10.2 Å². The number of likely N-dealkylation sites (tertiary alicyclic amines) is 1. The third-order valence-corrected chi connectivity index (χ3v) is 5.88. The third kappa shape index (κ3) is 3.76. The van der Waals surface area contributed by atoms with Crippen molar-refractivity contribution in [3.63, 3.8) is 0 Å². The van der Waals surface area contributed by atoms with Crippen LogP contribution in [0.3, 0.4) is 0 Å². The molecule has 1 N–H and O–H groups in total. The number of nitrogens with zero attached hydrogens (tertiary/aromatic N) is 1. The Kier molecular flexibility index (Phi) is 5.92. The second-order valence-corrected chi connectivity index (χ2v) is 7.77. The Balaban J connectivity index is 2.06. The molecule has 0 bridgehead atoms. The van der Waals surface area contributed by atoms with Crippen LogP contribution in [-0.2, 0) is 0 Å². The molecule has 5 atom stereocenters. The van der Waals surface area contributed by atoms with Crippen LogP contribution in [0.5, 0.6) is 0 Å². The molecule has 1 saturated heterocycles.